The first-order valence-electron chi connectivity index (χ1n) is 4.03. The molecule has 0 bridgehead atoms. The Labute approximate surface area is 74.4 Å². The van der Waals surface area contributed by atoms with Gasteiger partial charge in [-0.15, -0.1) is 0 Å². The fourth-order valence-corrected chi connectivity index (χ4v) is 2.23. The molecule has 0 unspecified atom stereocenters. The van der Waals surface area contributed by atoms with Crippen molar-refractivity contribution in [1.29, 1.82) is 0 Å². The van der Waals surface area contributed by atoms with E-state index in [2.05, 4.69) is 25.7 Å². The molecule has 1 radical (unpaired) electrons. The first kappa shape index (κ1) is 9.20. The molecule has 0 spiro atoms. The van der Waals surface area contributed by atoms with Crippen LogP contribution in [-0.2, 0) is 4.79 Å². The van der Waals surface area contributed by atoms with Crippen molar-refractivity contribution in [3.8, 4) is 0 Å². The van der Waals surface area contributed by atoms with Crippen molar-refractivity contribution < 1.29 is 4.79 Å². The molecule has 0 saturated heterocycles. The van der Waals surface area contributed by atoms with Gasteiger partial charge in [0, 0.05) is 5.56 Å². The molecule has 0 heterocycles. The Kier molecular flexibility index (Phi) is 2.48. The summed E-state index contributed by atoms with van der Waals surface area (Å²) in [7, 11) is -1.26. The average molecular weight is 177 g/mol. The quantitative estimate of drug-likeness (QED) is 0.628. The molecule has 0 amide bonds. The zero-order valence-electron chi connectivity index (χ0n) is 7.72. The van der Waals surface area contributed by atoms with E-state index in [0.717, 1.165) is 0 Å². The van der Waals surface area contributed by atoms with Crippen molar-refractivity contribution in [2.45, 2.75) is 19.6 Å². The Morgan fingerprint density at radius 3 is 2.42 bits per heavy atom. The van der Waals surface area contributed by atoms with E-state index < -0.39 is 8.07 Å². The normalized spacial score (nSPS) is 11.2. The summed E-state index contributed by atoms with van der Waals surface area (Å²) >= 11 is 0. The van der Waals surface area contributed by atoms with Crippen molar-refractivity contribution in [3.63, 3.8) is 0 Å². The molecule has 0 N–H and O–H groups in total. The summed E-state index contributed by atoms with van der Waals surface area (Å²) in [6.07, 6.45) is 1.91. The van der Waals surface area contributed by atoms with Crippen LogP contribution >= 0.6 is 0 Å². The van der Waals surface area contributed by atoms with Gasteiger partial charge in [-0.1, -0.05) is 49.1 Å². The Hall–Kier alpha value is -0.893. The number of rotatable bonds is 2. The summed E-state index contributed by atoms with van der Waals surface area (Å²) in [6.45, 7) is 6.78. The van der Waals surface area contributed by atoms with Crippen LogP contribution in [0.15, 0.2) is 24.3 Å². The molecule has 1 aromatic carbocycles. The minimum atomic E-state index is -1.26. The largest absolute Gasteiger partial charge is 0.285 e. The predicted octanol–water partition coefficient (Wildman–Crippen LogP) is 1.69. The molecule has 12 heavy (non-hydrogen) atoms. The first-order valence-corrected chi connectivity index (χ1v) is 7.53. The molecule has 1 nitrogen and oxygen atoms in total. The first-order chi connectivity index (χ1) is 5.54. The summed E-state index contributed by atoms with van der Waals surface area (Å²) in [5.41, 5.74) is 0.662. The van der Waals surface area contributed by atoms with E-state index in [4.69, 9.17) is 0 Å². The molecular weight excluding hydrogens is 164 g/mol. The van der Waals surface area contributed by atoms with Gasteiger partial charge in [-0.05, 0) is 0 Å². The van der Waals surface area contributed by atoms with Gasteiger partial charge in [-0.3, -0.25) is 4.79 Å². The molecule has 0 aliphatic rings. The smallest absolute Gasteiger partial charge is 0.233 e. The van der Waals surface area contributed by atoms with Gasteiger partial charge >= 0.3 is 0 Å². The van der Waals surface area contributed by atoms with E-state index in [1.807, 2.05) is 18.4 Å². The van der Waals surface area contributed by atoms with Gasteiger partial charge in [-0.25, -0.2) is 0 Å². The second-order valence-electron chi connectivity index (χ2n) is 3.93. The third-order valence-electron chi connectivity index (χ3n) is 1.85. The van der Waals surface area contributed by atoms with E-state index in [9.17, 15) is 4.79 Å². The van der Waals surface area contributed by atoms with Crippen LogP contribution in [0.3, 0.4) is 0 Å². The molecule has 0 atom stereocenters. The molecule has 0 aliphatic heterocycles. The third kappa shape index (κ3) is 2.05. The molecule has 63 valence electrons. The van der Waals surface area contributed by atoms with Crippen LogP contribution in [0.4, 0.5) is 0 Å². The minimum Gasteiger partial charge on any atom is -0.285 e. The topological polar surface area (TPSA) is 17.1 Å². The number of hydrogen-bond acceptors (Lipinski definition) is 1. The van der Waals surface area contributed by atoms with Crippen LogP contribution in [0.25, 0.3) is 0 Å². The van der Waals surface area contributed by atoms with E-state index >= 15 is 0 Å². The van der Waals surface area contributed by atoms with Crippen LogP contribution < -0.4 is 5.19 Å². The lowest BCUT2D eigenvalue weighted by Gasteiger charge is -2.16. The van der Waals surface area contributed by atoms with Crippen molar-refractivity contribution in [2.24, 2.45) is 0 Å². The molecular formula is C10H13OSi. The summed E-state index contributed by atoms with van der Waals surface area (Å²) in [6, 6.07) is 7.75. The van der Waals surface area contributed by atoms with Gasteiger partial charge in [0.1, 0.15) is 0 Å². The Morgan fingerprint density at radius 2 is 1.92 bits per heavy atom. The Bertz CT molecular complexity index is 286. The molecule has 0 aliphatic carbocycles. The van der Waals surface area contributed by atoms with Gasteiger partial charge in [0.15, 0.2) is 0 Å². The Balaban J connectivity index is 3.10. The highest BCUT2D eigenvalue weighted by Gasteiger charge is 2.15. The second kappa shape index (κ2) is 3.23. The second-order valence-corrected chi connectivity index (χ2v) is 9.01. The van der Waals surface area contributed by atoms with Crippen LogP contribution in [-0.4, -0.2) is 14.4 Å². The molecule has 1 aromatic rings. The number of carbonyl (C=O) groups excluding carboxylic acids is 1. The van der Waals surface area contributed by atoms with E-state index in [-0.39, 0.29) is 0 Å². The van der Waals surface area contributed by atoms with E-state index in [0.29, 0.717) is 5.56 Å². The van der Waals surface area contributed by atoms with Crippen molar-refractivity contribution >= 4 is 19.5 Å². The Morgan fingerprint density at radius 1 is 1.25 bits per heavy atom. The lowest BCUT2D eigenvalue weighted by Crippen LogP contribution is -2.37. The highest BCUT2D eigenvalue weighted by Crippen LogP contribution is 2.03. The SMILES string of the molecule is C[Si](C)(C)c1cccc([C]=O)c1. The van der Waals surface area contributed by atoms with Crippen LogP contribution in [0.2, 0.25) is 19.6 Å². The van der Waals surface area contributed by atoms with Crippen molar-refractivity contribution in [2.75, 3.05) is 0 Å². The monoisotopic (exact) mass is 177 g/mol. The number of benzene rings is 1. The van der Waals surface area contributed by atoms with Gasteiger partial charge in [0.2, 0.25) is 6.29 Å². The van der Waals surface area contributed by atoms with Crippen LogP contribution in [0.5, 0.6) is 0 Å². The van der Waals surface area contributed by atoms with E-state index in [1.165, 1.54) is 5.19 Å². The predicted molar refractivity (Wildman–Crippen MR) is 54.2 cm³/mol. The van der Waals surface area contributed by atoms with Crippen LogP contribution in [0, 0.1) is 0 Å². The fourth-order valence-electron chi connectivity index (χ4n) is 1.05. The lowest BCUT2D eigenvalue weighted by atomic mass is 10.2. The zero-order chi connectivity index (χ0) is 9.19. The fraction of sp³-hybridized carbons (Fsp3) is 0.300. The highest BCUT2D eigenvalue weighted by atomic mass is 28.3. The lowest BCUT2D eigenvalue weighted by molar-refractivity contribution is 0.563. The number of hydrogen-bond donors (Lipinski definition) is 0. The summed E-state index contributed by atoms with van der Waals surface area (Å²) in [5, 5.41) is 1.31. The average Bonchev–Trinajstić information content (AvgIpc) is 2.03. The zero-order valence-corrected chi connectivity index (χ0v) is 8.72. The molecule has 0 fully saturated rings. The maximum absolute atomic E-state index is 10.4. The van der Waals surface area contributed by atoms with Gasteiger partial charge in [0.05, 0.1) is 8.07 Å². The molecule has 0 saturated carbocycles. The van der Waals surface area contributed by atoms with Crippen molar-refractivity contribution in [3.05, 3.63) is 29.8 Å². The molecule has 2 heteroatoms. The van der Waals surface area contributed by atoms with Crippen molar-refractivity contribution in [1.82, 2.24) is 0 Å². The van der Waals surface area contributed by atoms with Crippen LogP contribution in [0.1, 0.15) is 5.56 Å². The maximum atomic E-state index is 10.4. The van der Waals surface area contributed by atoms with Gasteiger partial charge < -0.3 is 0 Å². The maximum Gasteiger partial charge on any atom is 0.233 e. The third-order valence-corrected chi connectivity index (χ3v) is 3.89. The highest BCUT2D eigenvalue weighted by molar-refractivity contribution is 6.88. The summed E-state index contributed by atoms with van der Waals surface area (Å²) < 4.78 is 0. The van der Waals surface area contributed by atoms with Gasteiger partial charge in [-0.2, -0.15) is 0 Å². The summed E-state index contributed by atoms with van der Waals surface area (Å²) in [4.78, 5) is 10.4. The van der Waals surface area contributed by atoms with Gasteiger partial charge in [0.25, 0.3) is 0 Å². The minimum absolute atomic E-state index is 0.662. The summed E-state index contributed by atoms with van der Waals surface area (Å²) in [5.74, 6) is 0. The molecule has 1 rings (SSSR count). The molecule has 0 aromatic heterocycles. The van der Waals surface area contributed by atoms with E-state index in [1.54, 1.807) is 6.07 Å². The standard InChI is InChI=1S/C10H13OSi/c1-12(2,3)10-6-4-5-9(7-10)8-11/h4-7H,1-3H3.